The molecule has 2 amide bonds. The zero-order valence-electron chi connectivity index (χ0n) is 10.4. The number of hydrogen-bond donors (Lipinski definition) is 2. The maximum atomic E-state index is 11.9. The van der Waals surface area contributed by atoms with Crippen LogP contribution in [-0.2, 0) is 16.1 Å². The van der Waals surface area contributed by atoms with Crippen molar-refractivity contribution in [1.82, 2.24) is 20.3 Å². The lowest BCUT2D eigenvalue weighted by molar-refractivity contribution is -0.135. The summed E-state index contributed by atoms with van der Waals surface area (Å²) >= 11 is 0. The molecule has 0 saturated carbocycles. The molecule has 0 fully saturated rings. The lowest BCUT2D eigenvalue weighted by atomic mass is 10.4. The molecule has 0 aliphatic heterocycles. The van der Waals surface area contributed by atoms with Crippen LogP contribution in [0.2, 0.25) is 0 Å². The zero-order valence-corrected chi connectivity index (χ0v) is 10.4. The van der Waals surface area contributed by atoms with Crippen molar-refractivity contribution in [3.8, 4) is 0 Å². The lowest BCUT2D eigenvalue weighted by Crippen LogP contribution is -2.31. The zero-order chi connectivity index (χ0) is 15.2. The number of carbonyl (C=O) groups excluding carboxylic acids is 2. The summed E-state index contributed by atoms with van der Waals surface area (Å²) in [5, 5.41) is 11.6. The summed E-state index contributed by atoms with van der Waals surface area (Å²) < 4.78 is 39.9. The molecule has 11 heteroatoms. The Morgan fingerprint density at radius 3 is 2.75 bits per heavy atom. The Bertz CT molecular complexity index is 474. The van der Waals surface area contributed by atoms with Crippen LogP contribution in [0.1, 0.15) is 6.42 Å². The normalized spacial score (nSPS) is 11.0. The Labute approximate surface area is 111 Å². The van der Waals surface area contributed by atoms with E-state index in [1.54, 1.807) is 0 Å². The van der Waals surface area contributed by atoms with Crippen LogP contribution in [0.4, 0.5) is 23.8 Å². The Morgan fingerprint density at radius 2 is 2.15 bits per heavy atom. The number of nitrogens with one attached hydrogen (secondary N) is 2. The van der Waals surface area contributed by atoms with Crippen molar-refractivity contribution in [2.45, 2.75) is 19.1 Å². The average Bonchev–Trinajstić information content (AvgIpc) is 2.74. The molecule has 0 bridgehead atoms. The van der Waals surface area contributed by atoms with Crippen molar-refractivity contribution in [2.24, 2.45) is 0 Å². The van der Waals surface area contributed by atoms with Crippen LogP contribution in [0.3, 0.4) is 0 Å². The van der Waals surface area contributed by atoms with Crippen molar-refractivity contribution >= 4 is 17.8 Å². The smallest absolute Gasteiger partial charge is 0.412 e. The summed E-state index contributed by atoms with van der Waals surface area (Å²) in [5.74, 6) is -0.616. The molecule has 0 aromatic carbocycles. The lowest BCUT2D eigenvalue weighted by Gasteiger charge is -2.07. The van der Waals surface area contributed by atoms with E-state index in [9.17, 15) is 22.8 Å². The topological polar surface area (TPSA) is 98.1 Å². The third-order valence-corrected chi connectivity index (χ3v) is 1.97. The molecule has 112 valence electrons. The fourth-order valence-electron chi connectivity index (χ4n) is 1.11. The maximum Gasteiger partial charge on any atom is 0.412 e. The number of ether oxygens (including phenoxy) is 1. The second kappa shape index (κ2) is 6.73. The molecule has 20 heavy (non-hydrogen) atoms. The molecule has 1 aromatic rings. The standard InChI is InChI=1S/C9H12F3N5O3/c1-20-8(19)15-6-4-14-17(16-6)5-7(18)13-3-2-9(10,11)12/h4H,2-3,5H2,1H3,(H,13,18)(H,15,16,19). The summed E-state index contributed by atoms with van der Waals surface area (Å²) in [6.07, 6.45) is -5.03. The summed E-state index contributed by atoms with van der Waals surface area (Å²) in [5.41, 5.74) is 0. The molecule has 0 atom stereocenters. The van der Waals surface area contributed by atoms with Gasteiger partial charge in [0.15, 0.2) is 5.82 Å². The Morgan fingerprint density at radius 1 is 1.45 bits per heavy atom. The van der Waals surface area contributed by atoms with Gasteiger partial charge in [-0.05, 0) is 0 Å². The molecule has 0 spiro atoms. The van der Waals surface area contributed by atoms with Crippen molar-refractivity contribution in [1.29, 1.82) is 0 Å². The van der Waals surface area contributed by atoms with Gasteiger partial charge in [-0.3, -0.25) is 10.1 Å². The summed E-state index contributed by atoms with van der Waals surface area (Å²) in [7, 11) is 1.16. The first-order valence-electron chi connectivity index (χ1n) is 5.38. The van der Waals surface area contributed by atoms with Crippen molar-refractivity contribution in [3.05, 3.63) is 6.20 Å². The van der Waals surface area contributed by atoms with E-state index in [-0.39, 0.29) is 12.4 Å². The van der Waals surface area contributed by atoms with Gasteiger partial charge in [-0.1, -0.05) is 0 Å². The van der Waals surface area contributed by atoms with Crippen molar-refractivity contribution in [2.75, 3.05) is 19.0 Å². The Balaban J connectivity index is 2.37. The van der Waals surface area contributed by atoms with E-state index in [2.05, 4.69) is 25.6 Å². The summed E-state index contributed by atoms with van der Waals surface area (Å²) in [4.78, 5) is 23.1. The molecule has 8 nitrogen and oxygen atoms in total. The third-order valence-electron chi connectivity index (χ3n) is 1.97. The largest absolute Gasteiger partial charge is 0.453 e. The van der Waals surface area contributed by atoms with Crippen molar-refractivity contribution < 1.29 is 27.5 Å². The fraction of sp³-hybridized carbons (Fsp3) is 0.556. The van der Waals surface area contributed by atoms with Crippen LogP contribution in [0, 0.1) is 0 Å². The SMILES string of the molecule is COC(=O)Nc1cnn(CC(=O)NCCC(F)(F)F)n1. The number of amides is 2. The number of anilines is 1. The van der Waals surface area contributed by atoms with Gasteiger partial charge >= 0.3 is 12.3 Å². The quantitative estimate of drug-likeness (QED) is 0.825. The predicted molar refractivity (Wildman–Crippen MR) is 59.7 cm³/mol. The summed E-state index contributed by atoms with van der Waals surface area (Å²) in [6.45, 7) is -0.877. The number of rotatable bonds is 5. The first-order valence-corrected chi connectivity index (χ1v) is 5.38. The molecule has 2 N–H and O–H groups in total. The number of nitrogens with zero attached hydrogens (tertiary/aromatic N) is 3. The molecule has 0 aliphatic rings. The summed E-state index contributed by atoms with van der Waals surface area (Å²) in [6, 6.07) is 0. The number of aromatic nitrogens is 3. The number of halogens is 3. The highest BCUT2D eigenvalue weighted by molar-refractivity contribution is 5.82. The molecular formula is C9H12F3N5O3. The maximum absolute atomic E-state index is 11.9. The highest BCUT2D eigenvalue weighted by atomic mass is 19.4. The van der Waals surface area contributed by atoms with E-state index in [1.165, 1.54) is 6.20 Å². The minimum Gasteiger partial charge on any atom is -0.453 e. The van der Waals surface area contributed by atoms with E-state index < -0.39 is 31.1 Å². The first-order chi connectivity index (χ1) is 9.30. The number of carbonyl (C=O) groups is 2. The molecular weight excluding hydrogens is 283 g/mol. The molecule has 1 aromatic heterocycles. The Hall–Kier alpha value is -2.33. The molecule has 1 rings (SSSR count). The van der Waals surface area contributed by atoms with Crippen LogP contribution >= 0.6 is 0 Å². The number of hydrogen-bond acceptors (Lipinski definition) is 5. The number of alkyl halides is 3. The minimum atomic E-state index is -4.32. The van der Waals surface area contributed by atoms with Gasteiger partial charge in [-0.2, -0.15) is 23.1 Å². The Kier molecular flexibility index (Phi) is 5.29. The van der Waals surface area contributed by atoms with Crippen molar-refractivity contribution in [3.63, 3.8) is 0 Å². The van der Waals surface area contributed by atoms with Crippen LogP contribution in [0.15, 0.2) is 6.20 Å². The molecule has 0 radical (unpaired) electrons. The second-order valence-electron chi connectivity index (χ2n) is 3.59. The van der Waals surface area contributed by atoms with Gasteiger partial charge < -0.3 is 10.1 Å². The van der Waals surface area contributed by atoms with Gasteiger partial charge in [0, 0.05) is 6.54 Å². The third kappa shape index (κ3) is 6.02. The fourth-order valence-corrected chi connectivity index (χ4v) is 1.11. The minimum absolute atomic E-state index is 0.0555. The van der Waals surface area contributed by atoms with E-state index in [1.807, 2.05) is 0 Å². The molecule has 0 aliphatic carbocycles. The average molecular weight is 295 g/mol. The predicted octanol–water partition coefficient (Wildman–Crippen LogP) is 0.525. The first kappa shape index (κ1) is 15.7. The van der Waals surface area contributed by atoms with Gasteiger partial charge in [0.1, 0.15) is 6.54 Å². The van der Waals surface area contributed by atoms with Gasteiger partial charge in [0.25, 0.3) is 0 Å². The highest BCUT2D eigenvalue weighted by Gasteiger charge is 2.26. The van der Waals surface area contributed by atoms with E-state index in [4.69, 9.17) is 0 Å². The highest BCUT2D eigenvalue weighted by Crippen LogP contribution is 2.18. The molecule has 1 heterocycles. The number of methoxy groups -OCH3 is 1. The van der Waals surface area contributed by atoms with Crippen LogP contribution in [-0.4, -0.2) is 46.8 Å². The van der Waals surface area contributed by atoms with Gasteiger partial charge in [-0.15, -0.1) is 5.10 Å². The van der Waals surface area contributed by atoms with Gasteiger partial charge in [0.2, 0.25) is 5.91 Å². The molecule has 0 saturated heterocycles. The van der Waals surface area contributed by atoms with E-state index >= 15 is 0 Å². The van der Waals surface area contributed by atoms with Gasteiger partial charge in [-0.25, -0.2) is 4.79 Å². The molecule has 0 unspecified atom stereocenters. The second-order valence-corrected chi connectivity index (χ2v) is 3.59. The van der Waals surface area contributed by atoms with Gasteiger partial charge in [0.05, 0.1) is 19.7 Å². The monoisotopic (exact) mass is 295 g/mol. The van der Waals surface area contributed by atoms with Crippen LogP contribution in [0.5, 0.6) is 0 Å². The van der Waals surface area contributed by atoms with Crippen LogP contribution in [0.25, 0.3) is 0 Å². The van der Waals surface area contributed by atoms with E-state index in [0.717, 1.165) is 11.9 Å². The van der Waals surface area contributed by atoms with E-state index in [0.29, 0.717) is 0 Å². The van der Waals surface area contributed by atoms with Crippen LogP contribution < -0.4 is 10.6 Å².